The van der Waals surface area contributed by atoms with Crippen molar-refractivity contribution in [1.29, 1.82) is 0 Å². The summed E-state index contributed by atoms with van der Waals surface area (Å²) in [5.74, 6) is 1.69. The molecule has 0 atom stereocenters. The van der Waals surface area contributed by atoms with Gasteiger partial charge >= 0.3 is 0 Å². The molecular weight excluding hydrogens is 296 g/mol. The van der Waals surface area contributed by atoms with Crippen LogP contribution >= 0.6 is 0 Å². The third kappa shape index (κ3) is 7.54. The van der Waals surface area contributed by atoms with Crippen LogP contribution in [0.5, 0.6) is 11.5 Å². The molecule has 1 N–H and O–H groups in total. The van der Waals surface area contributed by atoms with E-state index in [1.807, 2.05) is 19.1 Å². The van der Waals surface area contributed by atoms with Crippen molar-refractivity contribution in [3.05, 3.63) is 23.8 Å². The number of hydrogen-bond acceptors (Lipinski definition) is 5. The van der Waals surface area contributed by atoms with Gasteiger partial charge in [-0.05, 0) is 37.5 Å². The molecule has 1 rings (SSSR count). The molecule has 0 aliphatic heterocycles. The largest absolute Gasteiger partial charge is 0.493 e. The molecule has 1 amide bonds. The van der Waals surface area contributed by atoms with Gasteiger partial charge in [0, 0.05) is 12.1 Å². The third-order valence-electron chi connectivity index (χ3n) is 3.00. The fourth-order valence-electron chi connectivity index (χ4n) is 1.78. The van der Waals surface area contributed by atoms with Crippen LogP contribution in [0, 0.1) is 5.92 Å². The standard InChI is InChI=1S/C17H26N2O4/c1-5-22-15-7-6-14(10-16(15)21-4)11-19-23-12-17(20)18-9-8-13(2)3/h6-7,10-11,13H,5,8-9,12H2,1-4H3,(H,18,20)/b19-11+. The highest BCUT2D eigenvalue weighted by Crippen LogP contribution is 2.27. The second kappa shape index (κ2) is 10.5. The summed E-state index contributed by atoms with van der Waals surface area (Å²) in [5.41, 5.74) is 0.797. The number of benzene rings is 1. The Bertz CT molecular complexity index is 515. The van der Waals surface area contributed by atoms with Crippen LogP contribution in [0.4, 0.5) is 0 Å². The highest BCUT2D eigenvalue weighted by Gasteiger charge is 2.04. The fraction of sp³-hybridized carbons (Fsp3) is 0.529. The summed E-state index contributed by atoms with van der Waals surface area (Å²) in [6, 6.07) is 5.44. The number of nitrogens with zero attached hydrogens (tertiary/aromatic N) is 1. The summed E-state index contributed by atoms with van der Waals surface area (Å²) in [6.45, 7) is 7.26. The summed E-state index contributed by atoms with van der Waals surface area (Å²) in [5, 5.41) is 6.57. The van der Waals surface area contributed by atoms with Gasteiger partial charge in [0.05, 0.1) is 19.9 Å². The Morgan fingerprint density at radius 2 is 2.13 bits per heavy atom. The van der Waals surface area contributed by atoms with E-state index in [1.54, 1.807) is 13.2 Å². The van der Waals surface area contributed by atoms with Gasteiger partial charge in [-0.25, -0.2) is 0 Å². The van der Waals surface area contributed by atoms with E-state index in [1.165, 1.54) is 6.21 Å². The first-order valence-corrected chi connectivity index (χ1v) is 7.79. The van der Waals surface area contributed by atoms with Crippen LogP contribution < -0.4 is 14.8 Å². The molecule has 0 saturated carbocycles. The molecule has 23 heavy (non-hydrogen) atoms. The minimum Gasteiger partial charge on any atom is -0.493 e. The molecule has 0 unspecified atom stereocenters. The van der Waals surface area contributed by atoms with E-state index in [0.717, 1.165) is 12.0 Å². The minimum absolute atomic E-state index is 0.0945. The van der Waals surface area contributed by atoms with Crippen molar-refractivity contribution in [3.8, 4) is 11.5 Å². The number of oxime groups is 1. The second-order valence-corrected chi connectivity index (χ2v) is 5.38. The SMILES string of the molecule is CCOc1ccc(/C=N/OCC(=O)NCCC(C)C)cc1OC. The van der Waals surface area contributed by atoms with E-state index in [4.69, 9.17) is 14.3 Å². The van der Waals surface area contributed by atoms with Gasteiger partial charge in [-0.3, -0.25) is 4.79 Å². The lowest BCUT2D eigenvalue weighted by Crippen LogP contribution is -2.28. The molecule has 6 nitrogen and oxygen atoms in total. The van der Waals surface area contributed by atoms with Crippen LogP contribution in [0.25, 0.3) is 0 Å². The zero-order chi connectivity index (χ0) is 17.1. The van der Waals surface area contributed by atoms with Gasteiger partial charge in [-0.2, -0.15) is 0 Å². The number of hydrogen-bond donors (Lipinski definition) is 1. The number of rotatable bonds is 10. The number of ether oxygens (including phenoxy) is 2. The van der Waals surface area contributed by atoms with Gasteiger partial charge in [0.25, 0.3) is 5.91 Å². The Morgan fingerprint density at radius 3 is 2.78 bits per heavy atom. The van der Waals surface area contributed by atoms with Gasteiger partial charge in [-0.1, -0.05) is 19.0 Å². The van der Waals surface area contributed by atoms with Crippen molar-refractivity contribution in [2.24, 2.45) is 11.1 Å². The molecule has 0 aliphatic carbocycles. The van der Waals surface area contributed by atoms with Crippen LogP contribution in [0.3, 0.4) is 0 Å². The summed E-state index contributed by atoms with van der Waals surface area (Å²) in [4.78, 5) is 16.5. The van der Waals surface area contributed by atoms with Crippen LogP contribution in [0.15, 0.2) is 23.4 Å². The minimum atomic E-state index is -0.174. The molecule has 0 heterocycles. The third-order valence-corrected chi connectivity index (χ3v) is 3.00. The molecule has 0 radical (unpaired) electrons. The van der Waals surface area contributed by atoms with Crippen molar-refractivity contribution in [2.45, 2.75) is 27.2 Å². The first-order chi connectivity index (χ1) is 11.1. The van der Waals surface area contributed by atoms with Gasteiger partial charge in [0.2, 0.25) is 0 Å². The zero-order valence-electron chi connectivity index (χ0n) is 14.3. The molecule has 0 fully saturated rings. The van der Waals surface area contributed by atoms with E-state index in [0.29, 0.717) is 30.6 Å². The maximum Gasteiger partial charge on any atom is 0.260 e. The van der Waals surface area contributed by atoms with Crippen LogP contribution in [0.1, 0.15) is 32.8 Å². The maximum atomic E-state index is 11.5. The molecule has 128 valence electrons. The molecule has 6 heteroatoms. The Kier molecular flexibility index (Phi) is 8.57. The first-order valence-electron chi connectivity index (χ1n) is 7.79. The van der Waals surface area contributed by atoms with Crippen molar-refractivity contribution >= 4 is 12.1 Å². The molecule has 0 spiro atoms. The van der Waals surface area contributed by atoms with Gasteiger partial charge in [0.1, 0.15) is 0 Å². The van der Waals surface area contributed by atoms with Crippen LogP contribution in [0.2, 0.25) is 0 Å². The van der Waals surface area contributed by atoms with Gasteiger partial charge in [0.15, 0.2) is 18.1 Å². The fourth-order valence-corrected chi connectivity index (χ4v) is 1.78. The average Bonchev–Trinajstić information content (AvgIpc) is 2.52. The molecule has 0 saturated heterocycles. The van der Waals surface area contributed by atoms with Crippen molar-refractivity contribution in [2.75, 3.05) is 26.9 Å². The Balaban J connectivity index is 2.41. The molecule has 1 aromatic rings. The van der Waals surface area contributed by atoms with Crippen LogP contribution in [-0.4, -0.2) is 39.0 Å². The Hall–Kier alpha value is -2.24. The van der Waals surface area contributed by atoms with Crippen LogP contribution in [-0.2, 0) is 9.63 Å². The van der Waals surface area contributed by atoms with E-state index in [9.17, 15) is 4.79 Å². The van der Waals surface area contributed by atoms with E-state index < -0.39 is 0 Å². The molecular formula is C17H26N2O4. The van der Waals surface area contributed by atoms with E-state index >= 15 is 0 Å². The van der Waals surface area contributed by atoms with Gasteiger partial charge in [-0.15, -0.1) is 0 Å². The molecule has 0 aromatic heterocycles. The predicted octanol–water partition coefficient (Wildman–Crippen LogP) is 2.61. The number of carbonyl (C=O) groups excluding carboxylic acids is 1. The topological polar surface area (TPSA) is 69.2 Å². The number of carbonyl (C=O) groups is 1. The average molecular weight is 322 g/mol. The summed E-state index contributed by atoms with van der Waals surface area (Å²) in [7, 11) is 1.58. The number of nitrogens with one attached hydrogen (secondary N) is 1. The first kappa shape index (κ1) is 18.8. The van der Waals surface area contributed by atoms with Crippen molar-refractivity contribution in [1.82, 2.24) is 5.32 Å². The van der Waals surface area contributed by atoms with Crippen molar-refractivity contribution < 1.29 is 19.1 Å². The summed E-state index contributed by atoms with van der Waals surface area (Å²) in [6.07, 6.45) is 2.47. The number of methoxy groups -OCH3 is 1. The molecule has 0 bridgehead atoms. The highest BCUT2D eigenvalue weighted by molar-refractivity contribution is 5.81. The summed E-state index contributed by atoms with van der Waals surface area (Å²) < 4.78 is 10.7. The second-order valence-electron chi connectivity index (χ2n) is 5.38. The summed E-state index contributed by atoms with van der Waals surface area (Å²) >= 11 is 0. The van der Waals surface area contributed by atoms with E-state index in [2.05, 4.69) is 24.3 Å². The molecule has 1 aromatic carbocycles. The van der Waals surface area contributed by atoms with E-state index in [-0.39, 0.29) is 12.5 Å². The monoisotopic (exact) mass is 322 g/mol. The lowest BCUT2D eigenvalue weighted by Gasteiger charge is -2.09. The Morgan fingerprint density at radius 1 is 1.35 bits per heavy atom. The number of amides is 1. The highest BCUT2D eigenvalue weighted by atomic mass is 16.6. The van der Waals surface area contributed by atoms with Crippen molar-refractivity contribution in [3.63, 3.8) is 0 Å². The molecule has 0 aliphatic rings. The zero-order valence-corrected chi connectivity index (χ0v) is 14.3. The van der Waals surface area contributed by atoms with Gasteiger partial charge < -0.3 is 19.6 Å². The lowest BCUT2D eigenvalue weighted by molar-refractivity contribution is -0.125. The maximum absolute atomic E-state index is 11.5. The quantitative estimate of drug-likeness (QED) is 0.531. The smallest absolute Gasteiger partial charge is 0.260 e. The predicted molar refractivity (Wildman–Crippen MR) is 90.2 cm³/mol. The lowest BCUT2D eigenvalue weighted by atomic mass is 10.1. The Labute approximate surface area is 137 Å². The normalized spacial score (nSPS) is 10.8.